The third kappa shape index (κ3) is 16.1. The highest BCUT2D eigenvalue weighted by atomic mass is 19.1. The van der Waals surface area contributed by atoms with Crippen LogP contribution in [-0.4, -0.2) is 136 Å². The number of esters is 2. The number of benzene rings is 2. The Balaban J connectivity index is 0.875. The number of aromatic nitrogens is 2. The second-order valence-electron chi connectivity index (χ2n) is 22.4. The van der Waals surface area contributed by atoms with Gasteiger partial charge in [-0.25, -0.2) is 14.2 Å². The summed E-state index contributed by atoms with van der Waals surface area (Å²) in [4.78, 5) is 135. The van der Waals surface area contributed by atoms with Crippen LogP contribution in [0.1, 0.15) is 122 Å². The molecule has 0 unspecified atom stereocenters. The van der Waals surface area contributed by atoms with E-state index in [1.165, 1.54) is 17.6 Å². The molecule has 0 saturated heterocycles. The number of rotatable bonds is 29. The Labute approximate surface area is 496 Å². The number of aliphatic hydroxyl groups is 1. The first kappa shape index (κ1) is 65.1. The first-order chi connectivity index (χ1) is 40.8. The zero-order chi connectivity index (χ0) is 62.6. The topological polar surface area (TPSA) is 318 Å². The molecule has 0 fully saturated rings. The van der Waals surface area contributed by atoms with E-state index in [1.807, 2.05) is 6.92 Å². The third-order valence-corrected chi connectivity index (χ3v) is 14.6. The number of pyridine rings is 2. The van der Waals surface area contributed by atoms with Gasteiger partial charge in [-0.05, 0) is 94.7 Å². The first-order valence-corrected chi connectivity index (χ1v) is 28.7. The molecule has 2 aromatic heterocycles. The van der Waals surface area contributed by atoms with Gasteiger partial charge in [0.05, 0.1) is 61.9 Å². The molecule has 0 bridgehead atoms. The zero-order valence-corrected chi connectivity index (χ0v) is 49.6. The Kier molecular flexibility index (Phi) is 21.7. The Morgan fingerprint density at radius 3 is 2.22 bits per heavy atom. The van der Waals surface area contributed by atoms with Crippen LogP contribution >= 0.6 is 0 Å². The maximum absolute atomic E-state index is 15.6. The van der Waals surface area contributed by atoms with Crippen molar-refractivity contribution in [1.82, 2.24) is 35.7 Å². The van der Waals surface area contributed by atoms with E-state index in [0.717, 1.165) is 33.7 Å². The number of imide groups is 1. The van der Waals surface area contributed by atoms with Crippen molar-refractivity contribution in [1.29, 1.82) is 0 Å². The molecule has 7 rings (SSSR count). The average Bonchev–Trinajstić information content (AvgIpc) is 1.60. The van der Waals surface area contributed by atoms with Crippen LogP contribution in [0, 0.1) is 11.7 Å². The number of amides is 7. The molecule has 24 nitrogen and oxygen atoms in total. The highest BCUT2D eigenvalue weighted by molar-refractivity contribution is 6.13. The van der Waals surface area contributed by atoms with Crippen LogP contribution in [0.15, 0.2) is 59.4 Å². The van der Waals surface area contributed by atoms with Gasteiger partial charge in [0.15, 0.2) is 17.2 Å². The summed E-state index contributed by atoms with van der Waals surface area (Å²) in [5, 5.41) is 25.2. The van der Waals surface area contributed by atoms with Gasteiger partial charge >= 0.3 is 11.9 Å². The molecule has 0 spiro atoms. The summed E-state index contributed by atoms with van der Waals surface area (Å²) in [7, 11) is 0. The molecule has 7 amide bonds. The molecule has 5 heterocycles. The van der Waals surface area contributed by atoms with Gasteiger partial charge in [-0.1, -0.05) is 39.8 Å². The lowest BCUT2D eigenvalue weighted by atomic mass is 9.86. The van der Waals surface area contributed by atoms with Crippen LogP contribution in [0.4, 0.5) is 10.1 Å². The molecular formula is C61H75FN8O16. The van der Waals surface area contributed by atoms with Crippen molar-refractivity contribution in [3.63, 3.8) is 0 Å². The molecule has 86 heavy (non-hydrogen) atoms. The molecule has 4 aromatic rings. The van der Waals surface area contributed by atoms with E-state index in [2.05, 4.69) is 26.6 Å². The summed E-state index contributed by atoms with van der Waals surface area (Å²) < 4.78 is 44.7. The van der Waals surface area contributed by atoms with Gasteiger partial charge in [0.25, 0.3) is 17.4 Å². The summed E-state index contributed by atoms with van der Waals surface area (Å²) in [5.74, 6) is -6.58. The number of carbonyl (C=O) groups is 9. The van der Waals surface area contributed by atoms with E-state index in [9.17, 15) is 53.1 Å². The Morgan fingerprint density at radius 1 is 0.826 bits per heavy atom. The number of aryl methyl sites for hydroxylation is 1. The maximum atomic E-state index is 15.6. The number of carbonyl (C=O) groups excluding carboxylic acids is 9. The van der Waals surface area contributed by atoms with Crippen LogP contribution < -0.4 is 36.9 Å². The molecular weight excluding hydrogens is 1120 g/mol. The fraction of sp³-hybridized carbons (Fsp3) is 0.492. The minimum Gasteiger partial charge on any atom is -0.488 e. The van der Waals surface area contributed by atoms with Gasteiger partial charge in [-0.15, -0.1) is 0 Å². The molecule has 3 aliphatic rings. The van der Waals surface area contributed by atoms with Gasteiger partial charge in [-0.3, -0.25) is 48.1 Å². The monoisotopic (exact) mass is 1190 g/mol. The summed E-state index contributed by atoms with van der Waals surface area (Å²) in [6.07, 6.45) is 2.30. The van der Waals surface area contributed by atoms with E-state index >= 15 is 4.39 Å². The minimum atomic E-state index is -1.98. The SMILES string of the molecule is CCc1c2c(nc3cc(F)c(OCCOCc4ccc(NC(=O)[C@H](C)NC(=O)[C@@H](NC(=O)[C@@H](CCC(=O)NCCOCCC(=O)OC(C)(C)C)NC(=O)CCCN5C(=O)C=CC5=O)C(C)C)cc4)cc13)-c1cc3c(c(=O)n1C2)COC(=O)[C@]3(O)CC. The lowest BCUT2D eigenvalue weighted by molar-refractivity contribution is -0.172. The number of hydrogen-bond donors (Lipinski definition) is 6. The summed E-state index contributed by atoms with van der Waals surface area (Å²) in [6.45, 7) is 14.0. The van der Waals surface area contributed by atoms with Crippen molar-refractivity contribution in [2.24, 2.45) is 5.92 Å². The highest BCUT2D eigenvalue weighted by Crippen LogP contribution is 2.41. The average molecular weight is 1200 g/mol. The zero-order valence-electron chi connectivity index (χ0n) is 49.6. The maximum Gasteiger partial charge on any atom is 0.343 e. The fourth-order valence-corrected chi connectivity index (χ4v) is 10.0. The highest BCUT2D eigenvalue weighted by Gasteiger charge is 2.46. The number of anilines is 1. The van der Waals surface area contributed by atoms with Crippen molar-refractivity contribution in [3.05, 3.63) is 98.6 Å². The van der Waals surface area contributed by atoms with E-state index in [1.54, 1.807) is 77.9 Å². The number of halogens is 1. The smallest absolute Gasteiger partial charge is 0.343 e. The van der Waals surface area contributed by atoms with E-state index in [4.69, 9.17) is 28.7 Å². The molecule has 3 aliphatic heterocycles. The molecule has 0 aliphatic carbocycles. The normalized spacial score (nSPS) is 16.2. The largest absolute Gasteiger partial charge is 0.488 e. The van der Waals surface area contributed by atoms with Crippen LogP contribution in [0.5, 0.6) is 5.75 Å². The summed E-state index contributed by atoms with van der Waals surface area (Å²) in [5.41, 5.74) is 1.37. The quantitative estimate of drug-likeness (QED) is 0.0225. The molecule has 0 saturated carbocycles. The van der Waals surface area contributed by atoms with Crippen molar-refractivity contribution in [2.75, 3.05) is 44.8 Å². The summed E-state index contributed by atoms with van der Waals surface area (Å²) >= 11 is 0. The van der Waals surface area contributed by atoms with Crippen LogP contribution in [0.3, 0.4) is 0 Å². The van der Waals surface area contributed by atoms with Gasteiger partial charge < -0.3 is 59.9 Å². The minimum absolute atomic E-state index is 0.000114. The van der Waals surface area contributed by atoms with Crippen molar-refractivity contribution in [2.45, 2.75) is 149 Å². The van der Waals surface area contributed by atoms with Gasteiger partial charge in [0.1, 0.15) is 36.9 Å². The number of ether oxygens (including phenoxy) is 5. The van der Waals surface area contributed by atoms with Crippen molar-refractivity contribution in [3.8, 4) is 17.1 Å². The van der Waals surface area contributed by atoms with Crippen LogP contribution in [0.2, 0.25) is 0 Å². The molecule has 2 aromatic carbocycles. The Bertz CT molecular complexity index is 3340. The standard InChI is InChI=1S/C61H75FN8O16/c1-9-38-39-28-47(43(62)30-45(39)67-54-40(38)31-70-46(54)29-42-41(58(70)79)33-85-59(80)61(42,81)10-2)84-27-26-83-32-36-13-15-37(16-14-36)65-55(76)35(5)64-57(78)53(34(3)4)68-56(77)44(66-49(72)12-11-23-69-50(73)19-20-51(69)74)17-18-48(71)63-22-25-82-24-21-52(75)86-60(6,7)8/h13-16,19-20,28-30,34-35,44,53,81H,9-12,17-18,21-27,31-33H2,1-8H3,(H,63,71)(H,64,78)(H,65,76)(H,66,72)(H,68,77)/t35-,44+,53-,61-/m0/s1. The van der Waals surface area contributed by atoms with E-state index in [0.29, 0.717) is 34.4 Å². The second-order valence-corrected chi connectivity index (χ2v) is 22.4. The van der Waals surface area contributed by atoms with Crippen LogP contribution in [-0.2, 0) is 93.9 Å². The van der Waals surface area contributed by atoms with E-state index < -0.39 is 99.9 Å². The van der Waals surface area contributed by atoms with E-state index in [-0.39, 0.29) is 115 Å². The van der Waals surface area contributed by atoms with Gasteiger partial charge in [0.2, 0.25) is 29.5 Å². The number of hydrogen-bond acceptors (Lipinski definition) is 17. The van der Waals surface area contributed by atoms with Crippen LogP contribution in [0.25, 0.3) is 22.3 Å². The van der Waals surface area contributed by atoms with Gasteiger partial charge in [-0.2, -0.15) is 0 Å². The predicted octanol–water partition coefficient (Wildman–Crippen LogP) is 3.80. The molecule has 6 N–H and O–H groups in total. The fourth-order valence-electron chi connectivity index (χ4n) is 10.0. The molecule has 25 heteroatoms. The number of cyclic esters (lactones) is 1. The second kappa shape index (κ2) is 28.6. The summed E-state index contributed by atoms with van der Waals surface area (Å²) in [6, 6.07) is 7.62. The number of fused-ring (bicyclic) bond motifs is 5. The predicted molar refractivity (Wildman–Crippen MR) is 309 cm³/mol. The van der Waals surface area contributed by atoms with Crippen molar-refractivity contribution >= 4 is 69.9 Å². The Hall–Kier alpha value is -8.42. The van der Waals surface area contributed by atoms with Crippen molar-refractivity contribution < 1.29 is 76.3 Å². The number of nitrogens with one attached hydrogen (secondary N) is 5. The molecule has 462 valence electrons. The number of nitrogens with zero attached hydrogens (tertiary/aromatic N) is 3. The third-order valence-electron chi connectivity index (χ3n) is 14.6. The van der Waals surface area contributed by atoms with Gasteiger partial charge in [0, 0.05) is 66.4 Å². The first-order valence-electron chi connectivity index (χ1n) is 28.7. The molecule has 4 atom stereocenters. The molecule has 0 radical (unpaired) electrons. The Morgan fingerprint density at radius 2 is 1.55 bits per heavy atom. The lowest BCUT2D eigenvalue weighted by Gasteiger charge is -2.31. The lowest BCUT2D eigenvalue weighted by Crippen LogP contribution is -2.57.